The Balaban J connectivity index is 0.847. The normalized spacial score (nSPS) is 16.1. The van der Waals surface area contributed by atoms with Crippen LogP contribution >= 0.6 is 0 Å². The third kappa shape index (κ3) is 13.4. The number of carbonyl (C=O) groups excluding carboxylic acids is 1. The van der Waals surface area contributed by atoms with Crippen LogP contribution in [0.4, 0.5) is 16.4 Å². The summed E-state index contributed by atoms with van der Waals surface area (Å²) in [5.41, 5.74) is 6.76. The van der Waals surface area contributed by atoms with Gasteiger partial charge in [0.05, 0.1) is 6.54 Å². The van der Waals surface area contributed by atoms with Gasteiger partial charge in [-0.05, 0) is 94.7 Å². The lowest BCUT2D eigenvalue weighted by molar-refractivity contribution is 0.0523. The van der Waals surface area contributed by atoms with Crippen molar-refractivity contribution in [1.82, 2.24) is 34.2 Å². The zero-order valence-corrected chi connectivity index (χ0v) is 37.9. The number of anilines is 2. The molecule has 0 atom stereocenters. The van der Waals surface area contributed by atoms with Gasteiger partial charge in [0.15, 0.2) is 11.6 Å². The molecule has 2 aromatic heterocycles. The van der Waals surface area contributed by atoms with Crippen molar-refractivity contribution >= 4 is 29.9 Å². The molecule has 336 valence electrons. The maximum Gasteiger partial charge on any atom is 0.407 e. The van der Waals surface area contributed by atoms with Gasteiger partial charge in [0.2, 0.25) is 0 Å². The predicted octanol–water partition coefficient (Wildman–Crippen LogP) is 7.82. The van der Waals surface area contributed by atoms with Crippen LogP contribution in [0.15, 0.2) is 124 Å². The second kappa shape index (κ2) is 21.4. The number of hydrogen-bond acceptors (Lipinski definition) is 10. The molecule has 0 unspecified atom stereocenters. The van der Waals surface area contributed by atoms with E-state index in [1.807, 2.05) is 63.2 Å². The van der Waals surface area contributed by atoms with E-state index in [0.717, 1.165) is 87.3 Å². The molecular weight excluding hydrogens is 803 g/mol. The van der Waals surface area contributed by atoms with Crippen LogP contribution in [-0.4, -0.2) is 91.9 Å². The van der Waals surface area contributed by atoms with Gasteiger partial charge in [-0.2, -0.15) is 0 Å². The molecule has 0 spiro atoms. The molecule has 1 amide bonds. The van der Waals surface area contributed by atoms with Crippen molar-refractivity contribution in [2.24, 2.45) is 0 Å². The predicted molar refractivity (Wildman–Crippen MR) is 257 cm³/mol. The van der Waals surface area contributed by atoms with Gasteiger partial charge in [-0.1, -0.05) is 90.0 Å². The Morgan fingerprint density at radius 2 is 1.20 bits per heavy atom. The summed E-state index contributed by atoms with van der Waals surface area (Å²) in [5.74, 6) is 0.762. The zero-order chi connectivity index (χ0) is 45.1. The largest absolute Gasteiger partial charge is 0.444 e. The summed E-state index contributed by atoms with van der Waals surface area (Å²) in [6.45, 7) is 16.2. The third-order valence-electron chi connectivity index (χ3n) is 11.6. The van der Waals surface area contributed by atoms with E-state index in [0.29, 0.717) is 24.7 Å². The second-order valence-electron chi connectivity index (χ2n) is 18.2. The SMILES string of the molecule is C/C(=C\c1ccc(-n2ccnc(NC3CCN(C/C(C)=C/c4ccccc4)CC3)c2=O)cc1)CN1CCC(Nc2nccn(Cc3ccc(CNC(=O)OC(C)(C)C)cc3)c2=O)CC1. The van der Waals surface area contributed by atoms with Crippen molar-refractivity contribution in [3.05, 3.63) is 158 Å². The first-order valence-corrected chi connectivity index (χ1v) is 22.5. The number of nitrogens with one attached hydrogen (secondary N) is 3. The van der Waals surface area contributed by atoms with Crippen molar-refractivity contribution in [2.45, 2.75) is 91.1 Å². The highest BCUT2D eigenvalue weighted by molar-refractivity contribution is 5.67. The topological polar surface area (TPSA) is 139 Å². The number of nitrogens with zero attached hydrogens (tertiary/aromatic N) is 6. The fourth-order valence-corrected chi connectivity index (χ4v) is 8.34. The summed E-state index contributed by atoms with van der Waals surface area (Å²) < 4.78 is 8.64. The van der Waals surface area contributed by atoms with Crippen molar-refractivity contribution in [2.75, 3.05) is 49.9 Å². The van der Waals surface area contributed by atoms with Crippen LogP contribution in [0.2, 0.25) is 0 Å². The van der Waals surface area contributed by atoms with Crippen LogP contribution in [0.1, 0.15) is 82.6 Å². The van der Waals surface area contributed by atoms with Crippen molar-refractivity contribution in [3.8, 4) is 5.69 Å². The standard InChI is InChI=1S/C51H63N9O4/c1-37(31-39-9-7-6-8-10-39)34-57-27-21-44(22-28-57)56-47-49(62)60(30-24-53-47)45-17-15-40(16-18-45)32-38(2)35-58-25-19-43(20-26-58)55-46-48(61)59(29-23-52-46)36-42-13-11-41(12-14-42)33-54-50(63)64-51(3,4)5/h6-18,23-24,29-32,43-44H,19-22,25-28,33-36H2,1-5H3,(H,52,55)(H,53,56)(H,54,63)/b37-31+,38-32+. The molecule has 3 N–H and O–H groups in total. The monoisotopic (exact) mass is 866 g/mol. The Kier molecular flexibility index (Phi) is 15.3. The van der Waals surface area contributed by atoms with Crippen LogP contribution in [-0.2, 0) is 17.8 Å². The third-order valence-corrected chi connectivity index (χ3v) is 11.6. The number of benzene rings is 3. The van der Waals surface area contributed by atoms with E-state index in [2.05, 4.69) is 98.1 Å². The molecule has 2 fully saturated rings. The number of amides is 1. The Hall–Kier alpha value is -6.31. The fraction of sp³-hybridized carbons (Fsp3) is 0.392. The Labute approximate surface area is 376 Å². The molecule has 4 heterocycles. The fourth-order valence-electron chi connectivity index (χ4n) is 8.34. The first kappa shape index (κ1) is 45.7. The van der Waals surface area contributed by atoms with Gasteiger partial charge < -0.3 is 25.3 Å². The average Bonchev–Trinajstić information content (AvgIpc) is 3.27. The summed E-state index contributed by atoms with van der Waals surface area (Å²) in [4.78, 5) is 52.7. The lowest BCUT2D eigenvalue weighted by Gasteiger charge is -2.32. The Bertz CT molecular complexity index is 2490. The van der Waals surface area contributed by atoms with E-state index in [1.165, 1.54) is 16.7 Å². The molecule has 2 aliphatic heterocycles. The number of alkyl carbamates (subject to hydrolysis) is 1. The zero-order valence-electron chi connectivity index (χ0n) is 37.9. The van der Waals surface area contributed by atoms with Crippen LogP contribution in [0.25, 0.3) is 17.8 Å². The Morgan fingerprint density at radius 1 is 0.688 bits per heavy atom. The van der Waals surface area contributed by atoms with Crippen LogP contribution in [0, 0.1) is 0 Å². The molecule has 5 aromatic rings. The van der Waals surface area contributed by atoms with Crippen LogP contribution in [0.3, 0.4) is 0 Å². The van der Waals surface area contributed by atoms with Crippen LogP contribution in [0.5, 0.6) is 0 Å². The average molecular weight is 866 g/mol. The maximum absolute atomic E-state index is 13.6. The first-order valence-electron chi connectivity index (χ1n) is 22.5. The molecule has 0 bridgehead atoms. The van der Waals surface area contributed by atoms with Crippen molar-refractivity contribution < 1.29 is 9.53 Å². The quantitative estimate of drug-likeness (QED) is 0.0956. The second-order valence-corrected chi connectivity index (χ2v) is 18.2. The van der Waals surface area contributed by atoms with Gasteiger partial charge in [0.25, 0.3) is 11.1 Å². The molecule has 64 heavy (non-hydrogen) atoms. The lowest BCUT2D eigenvalue weighted by Crippen LogP contribution is -2.41. The summed E-state index contributed by atoms with van der Waals surface area (Å²) in [6.07, 6.45) is 14.5. The van der Waals surface area contributed by atoms with Gasteiger partial charge in [0, 0.05) is 88.4 Å². The van der Waals surface area contributed by atoms with Gasteiger partial charge in [-0.3, -0.25) is 24.0 Å². The molecule has 2 saturated heterocycles. The van der Waals surface area contributed by atoms with Gasteiger partial charge in [-0.15, -0.1) is 0 Å². The van der Waals surface area contributed by atoms with Crippen molar-refractivity contribution in [3.63, 3.8) is 0 Å². The minimum Gasteiger partial charge on any atom is -0.444 e. The van der Waals surface area contributed by atoms with E-state index in [-0.39, 0.29) is 23.2 Å². The molecule has 3 aromatic carbocycles. The molecule has 0 aliphatic carbocycles. The summed E-state index contributed by atoms with van der Waals surface area (Å²) >= 11 is 0. The smallest absolute Gasteiger partial charge is 0.407 e. The minimum absolute atomic E-state index is 0.146. The van der Waals surface area contributed by atoms with E-state index in [1.54, 1.807) is 33.9 Å². The number of carbonyl (C=O) groups is 1. The lowest BCUT2D eigenvalue weighted by atomic mass is 10.0. The number of ether oxygens (including phenoxy) is 1. The summed E-state index contributed by atoms with van der Waals surface area (Å²) in [7, 11) is 0. The number of likely N-dealkylation sites (tertiary alicyclic amines) is 2. The number of aromatic nitrogens is 4. The van der Waals surface area contributed by atoms with E-state index >= 15 is 0 Å². The molecular formula is C51H63N9O4. The highest BCUT2D eigenvalue weighted by Crippen LogP contribution is 2.19. The molecule has 2 aliphatic rings. The first-order chi connectivity index (χ1) is 30.8. The number of rotatable bonds is 15. The van der Waals surface area contributed by atoms with Gasteiger partial charge in [0.1, 0.15) is 5.60 Å². The number of hydrogen-bond donors (Lipinski definition) is 3. The molecule has 13 nitrogen and oxygen atoms in total. The summed E-state index contributed by atoms with van der Waals surface area (Å²) in [6, 6.07) is 26.7. The number of piperidine rings is 2. The Morgan fingerprint density at radius 3 is 1.77 bits per heavy atom. The van der Waals surface area contributed by atoms with Crippen molar-refractivity contribution in [1.29, 1.82) is 0 Å². The van der Waals surface area contributed by atoms with Crippen LogP contribution < -0.4 is 27.1 Å². The maximum atomic E-state index is 13.6. The van der Waals surface area contributed by atoms with E-state index < -0.39 is 11.7 Å². The summed E-state index contributed by atoms with van der Waals surface area (Å²) in [5, 5.41) is 9.66. The molecule has 0 radical (unpaired) electrons. The minimum atomic E-state index is -0.552. The van der Waals surface area contributed by atoms with Gasteiger partial charge in [-0.25, -0.2) is 14.8 Å². The van der Waals surface area contributed by atoms with E-state index in [9.17, 15) is 14.4 Å². The molecule has 13 heteroatoms. The van der Waals surface area contributed by atoms with Gasteiger partial charge >= 0.3 is 6.09 Å². The molecule has 7 rings (SSSR count). The van der Waals surface area contributed by atoms with E-state index in [4.69, 9.17) is 4.74 Å². The molecule has 0 saturated carbocycles. The highest BCUT2D eigenvalue weighted by Gasteiger charge is 2.23. The highest BCUT2D eigenvalue weighted by atomic mass is 16.6.